The molecular formula is C22H26O. The minimum Gasteiger partial charge on any atom is -0.389 e. The van der Waals surface area contributed by atoms with Crippen LogP contribution in [0, 0.1) is 5.92 Å². The van der Waals surface area contributed by atoms with Gasteiger partial charge in [-0.15, -0.1) is 0 Å². The third kappa shape index (κ3) is 2.42. The molecule has 2 aromatic carbocycles. The van der Waals surface area contributed by atoms with E-state index in [1.165, 1.54) is 54.0 Å². The van der Waals surface area contributed by atoms with E-state index < -0.39 is 5.60 Å². The molecule has 2 aliphatic carbocycles. The van der Waals surface area contributed by atoms with Crippen molar-refractivity contribution in [3.63, 3.8) is 0 Å². The van der Waals surface area contributed by atoms with Gasteiger partial charge < -0.3 is 5.11 Å². The largest absolute Gasteiger partial charge is 0.389 e. The fourth-order valence-corrected chi connectivity index (χ4v) is 5.04. The molecule has 0 heterocycles. The van der Waals surface area contributed by atoms with Crippen LogP contribution in [-0.4, -0.2) is 10.7 Å². The maximum Gasteiger partial charge on any atom is 0.0784 e. The molecule has 2 saturated carbocycles. The number of fused-ring (bicyclic) bond motifs is 1. The van der Waals surface area contributed by atoms with E-state index in [0.717, 1.165) is 12.8 Å². The summed E-state index contributed by atoms with van der Waals surface area (Å²) in [6.45, 7) is 4.35. The first-order chi connectivity index (χ1) is 11.2. The second-order valence-corrected chi connectivity index (χ2v) is 7.49. The molecule has 1 N–H and O–H groups in total. The molecule has 0 amide bonds. The van der Waals surface area contributed by atoms with E-state index in [1.54, 1.807) is 0 Å². The smallest absolute Gasteiger partial charge is 0.0784 e. The van der Waals surface area contributed by atoms with Crippen LogP contribution >= 0.6 is 0 Å². The van der Waals surface area contributed by atoms with Gasteiger partial charge in [-0.2, -0.15) is 0 Å². The van der Waals surface area contributed by atoms with E-state index in [9.17, 15) is 5.11 Å². The molecule has 2 aromatic rings. The summed E-state index contributed by atoms with van der Waals surface area (Å²) in [5.41, 5.74) is 1.90. The SMILES string of the molecule is C=C1CC[C@](O)(C2CCCCC2)[C@H]1c1cccc2ccccc12. The van der Waals surface area contributed by atoms with Crippen molar-refractivity contribution in [2.24, 2.45) is 5.92 Å². The van der Waals surface area contributed by atoms with Crippen LogP contribution in [0.3, 0.4) is 0 Å². The molecule has 0 aromatic heterocycles. The first-order valence-corrected chi connectivity index (χ1v) is 9.08. The van der Waals surface area contributed by atoms with E-state index >= 15 is 0 Å². The molecule has 0 bridgehead atoms. The predicted octanol–water partition coefficient (Wildman–Crippen LogP) is 5.58. The van der Waals surface area contributed by atoms with Crippen molar-refractivity contribution in [3.05, 3.63) is 60.2 Å². The molecule has 0 unspecified atom stereocenters. The van der Waals surface area contributed by atoms with Crippen LogP contribution in [-0.2, 0) is 0 Å². The molecule has 2 fully saturated rings. The Morgan fingerprint density at radius 1 is 0.957 bits per heavy atom. The van der Waals surface area contributed by atoms with Gasteiger partial charge in [-0.1, -0.05) is 73.9 Å². The molecule has 4 rings (SSSR count). The highest BCUT2D eigenvalue weighted by Crippen LogP contribution is 2.53. The van der Waals surface area contributed by atoms with E-state index in [4.69, 9.17) is 0 Å². The molecule has 2 aliphatic rings. The summed E-state index contributed by atoms with van der Waals surface area (Å²) in [5, 5.41) is 14.2. The van der Waals surface area contributed by atoms with Gasteiger partial charge in [0.25, 0.3) is 0 Å². The van der Waals surface area contributed by atoms with Crippen LogP contribution in [0.1, 0.15) is 56.4 Å². The van der Waals surface area contributed by atoms with Crippen molar-refractivity contribution >= 4 is 10.8 Å². The second kappa shape index (κ2) is 5.79. The molecule has 0 aliphatic heterocycles. The third-order valence-electron chi connectivity index (χ3n) is 6.20. The lowest BCUT2D eigenvalue weighted by Crippen LogP contribution is -2.41. The van der Waals surface area contributed by atoms with Crippen molar-refractivity contribution in [1.29, 1.82) is 0 Å². The van der Waals surface area contributed by atoms with Crippen molar-refractivity contribution < 1.29 is 5.11 Å². The van der Waals surface area contributed by atoms with Crippen molar-refractivity contribution in [1.82, 2.24) is 0 Å². The molecule has 1 heteroatoms. The third-order valence-corrected chi connectivity index (χ3v) is 6.20. The van der Waals surface area contributed by atoms with Gasteiger partial charge in [0.15, 0.2) is 0 Å². The summed E-state index contributed by atoms with van der Waals surface area (Å²) >= 11 is 0. The molecular weight excluding hydrogens is 280 g/mol. The van der Waals surface area contributed by atoms with Crippen LogP contribution in [0.2, 0.25) is 0 Å². The molecule has 23 heavy (non-hydrogen) atoms. The number of rotatable bonds is 2. The molecule has 2 atom stereocenters. The van der Waals surface area contributed by atoms with Crippen molar-refractivity contribution in [3.8, 4) is 0 Å². The van der Waals surface area contributed by atoms with E-state index in [2.05, 4.69) is 49.0 Å². The number of hydrogen-bond acceptors (Lipinski definition) is 1. The van der Waals surface area contributed by atoms with Crippen LogP contribution in [0.15, 0.2) is 54.6 Å². The van der Waals surface area contributed by atoms with E-state index in [-0.39, 0.29) is 5.92 Å². The van der Waals surface area contributed by atoms with Crippen LogP contribution < -0.4 is 0 Å². The maximum atomic E-state index is 11.7. The maximum absolute atomic E-state index is 11.7. The van der Waals surface area contributed by atoms with Gasteiger partial charge in [0.1, 0.15) is 0 Å². The summed E-state index contributed by atoms with van der Waals surface area (Å²) in [4.78, 5) is 0. The minimum atomic E-state index is -0.596. The Morgan fingerprint density at radius 3 is 2.52 bits per heavy atom. The summed E-state index contributed by atoms with van der Waals surface area (Å²) in [6.07, 6.45) is 8.04. The van der Waals surface area contributed by atoms with Gasteiger partial charge in [0, 0.05) is 5.92 Å². The lowest BCUT2D eigenvalue weighted by molar-refractivity contribution is -0.0375. The van der Waals surface area contributed by atoms with Gasteiger partial charge in [0.2, 0.25) is 0 Å². The first kappa shape index (κ1) is 15.0. The molecule has 1 nitrogen and oxygen atoms in total. The van der Waals surface area contributed by atoms with Crippen LogP contribution in [0.5, 0.6) is 0 Å². The summed E-state index contributed by atoms with van der Waals surface area (Å²) in [7, 11) is 0. The Morgan fingerprint density at radius 2 is 1.70 bits per heavy atom. The zero-order valence-electron chi connectivity index (χ0n) is 13.8. The highest BCUT2D eigenvalue weighted by molar-refractivity contribution is 5.86. The average Bonchev–Trinajstić information content (AvgIpc) is 2.91. The van der Waals surface area contributed by atoms with Gasteiger partial charge >= 0.3 is 0 Å². The van der Waals surface area contributed by atoms with Crippen LogP contribution in [0.25, 0.3) is 10.8 Å². The number of aliphatic hydroxyl groups is 1. The van der Waals surface area contributed by atoms with Crippen molar-refractivity contribution in [2.45, 2.75) is 56.5 Å². The van der Waals surface area contributed by atoms with E-state index in [1.807, 2.05) is 0 Å². The zero-order chi connectivity index (χ0) is 15.9. The van der Waals surface area contributed by atoms with Crippen molar-refractivity contribution in [2.75, 3.05) is 0 Å². The Hall–Kier alpha value is -1.60. The lowest BCUT2D eigenvalue weighted by Gasteiger charge is -2.40. The van der Waals surface area contributed by atoms with E-state index in [0.29, 0.717) is 5.92 Å². The van der Waals surface area contributed by atoms with Gasteiger partial charge in [0.05, 0.1) is 5.60 Å². The monoisotopic (exact) mass is 306 g/mol. The lowest BCUT2D eigenvalue weighted by atomic mass is 9.69. The highest BCUT2D eigenvalue weighted by atomic mass is 16.3. The summed E-state index contributed by atoms with van der Waals surface area (Å²) in [6, 6.07) is 15.0. The predicted molar refractivity (Wildman–Crippen MR) is 96.6 cm³/mol. The zero-order valence-corrected chi connectivity index (χ0v) is 13.8. The number of benzene rings is 2. The normalized spacial score (nSPS) is 29.3. The Balaban J connectivity index is 1.82. The van der Waals surface area contributed by atoms with Gasteiger partial charge in [-0.25, -0.2) is 0 Å². The molecule has 0 saturated heterocycles. The summed E-state index contributed by atoms with van der Waals surface area (Å²) < 4.78 is 0. The highest BCUT2D eigenvalue weighted by Gasteiger charge is 2.49. The topological polar surface area (TPSA) is 20.2 Å². The van der Waals surface area contributed by atoms with Crippen LogP contribution in [0.4, 0.5) is 0 Å². The Kier molecular flexibility index (Phi) is 3.77. The Bertz CT molecular complexity index is 720. The van der Waals surface area contributed by atoms with Gasteiger partial charge in [-0.3, -0.25) is 0 Å². The molecule has 0 radical (unpaired) electrons. The Labute approximate surface area is 139 Å². The minimum absolute atomic E-state index is 0.0942. The summed E-state index contributed by atoms with van der Waals surface area (Å²) in [5.74, 6) is 0.524. The molecule has 120 valence electrons. The fraction of sp³-hybridized carbons (Fsp3) is 0.455. The first-order valence-electron chi connectivity index (χ1n) is 9.08. The molecule has 0 spiro atoms. The average molecular weight is 306 g/mol. The standard InChI is InChI=1S/C22H26O/c1-16-14-15-22(23,18-10-3-2-4-11-18)21(16)20-13-7-9-17-8-5-6-12-19(17)20/h5-9,12-13,18,21,23H,1-4,10-11,14-15H2/t21-,22+/m1/s1. The second-order valence-electron chi connectivity index (χ2n) is 7.49. The van der Waals surface area contributed by atoms with Gasteiger partial charge in [-0.05, 0) is 47.9 Å². The quantitative estimate of drug-likeness (QED) is 0.718. The fourth-order valence-electron chi connectivity index (χ4n) is 5.04. The number of hydrogen-bond donors (Lipinski definition) is 1.